The highest BCUT2D eigenvalue weighted by Gasteiger charge is 2.14. The number of aromatic nitrogens is 2. The van der Waals surface area contributed by atoms with Crippen LogP contribution in [0.15, 0.2) is 65.9 Å². The average molecular weight is 362 g/mol. The van der Waals surface area contributed by atoms with E-state index in [0.29, 0.717) is 5.75 Å². The molecule has 3 rings (SSSR count). The number of carbonyl (C=O) groups is 1. The molecule has 1 amide bonds. The van der Waals surface area contributed by atoms with E-state index in [1.54, 1.807) is 6.20 Å². The molecule has 1 N–H and O–H groups in total. The van der Waals surface area contributed by atoms with Gasteiger partial charge < -0.3 is 4.74 Å². The fourth-order valence-electron chi connectivity index (χ4n) is 2.60. The Hall–Kier alpha value is -3.41. The van der Waals surface area contributed by atoms with Crippen LogP contribution in [-0.4, -0.2) is 28.0 Å². The molecule has 6 heteroatoms. The molecule has 0 atom stereocenters. The van der Waals surface area contributed by atoms with Crippen LogP contribution < -0.4 is 10.2 Å². The normalized spacial score (nSPS) is 10.3. The predicted octanol–water partition coefficient (Wildman–Crippen LogP) is 3.74. The van der Waals surface area contributed by atoms with Crippen LogP contribution in [0.2, 0.25) is 0 Å². The molecule has 0 spiro atoms. The number of ether oxygens (including phenoxy) is 1. The largest absolute Gasteiger partial charge is 0.483 e. The summed E-state index contributed by atoms with van der Waals surface area (Å²) < 4.78 is 7.63. The first-order chi connectivity index (χ1) is 13.0. The topological polar surface area (TPSA) is 68.5 Å². The minimum absolute atomic E-state index is 0.119. The van der Waals surface area contributed by atoms with E-state index in [4.69, 9.17) is 4.74 Å². The Morgan fingerprint density at radius 3 is 2.67 bits per heavy atom. The lowest BCUT2D eigenvalue weighted by molar-refractivity contribution is -0.123. The Balaban J connectivity index is 1.89. The first-order valence-electron chi connectivity index (χ1n) is 8.67. The molecule has 1 heterocycles. The van der Waals surface area contributed by atoms with Crippen LogP contribution in [0.4, 0.5) is 0 Å². The summed E-state index contributed by atoms with van der Waals surface area (Å²) >= 11 is 0. The van der Waals surface area contributed by atoms with E-state index in [1.807, 2.05) is 80.1 Å². The van der Waals surface area contributed by atoms with Gasteiger partial charge in [-0.1, -0.05) is 29.8 Å². The fraction of sp³-hybridized carbons (Fsp3) is 0.190. The third-order valence-corrected chi connectivity index (χ3v) is 3.82. The Morgan fingerprint density at radius 2 is 1.93 bits per heavy atom. The molecule has 6 nitrogen and oxygen atoms in total. The summed E-state index contributed by atoms with van der Waals surface area (Å²) in [4.78, 5) is 11.9. The fourth-order valence-corrected chi connectivity index (χ4v) is 2.60. The van der Waals surface area contributed by atoms with Gasteiger partial charge in [0.2, 0.25) is 0 Å². The monoisotopic (exact) mass is 362 g/mol. The lowest BCUT2D eigenvalue weighted by atomic mass is 10.1. The first-order valence-corrected chi connectivity index (χ1v) is 8.67. The van der Waals surface area contributed by atoms with Gasteiger partial charge in [0.25, 0.3) is 5.91 Å². The third kappa shape index (κ3) is 4.61. The molecule has 2 aromatic carbocycles. The van der Waals surface area contributed by atoms with Gasteiger partial charge in [-0.25, -0.2) is 10.1 Å². The van der Waals surface area contributed by atoms with Crippen LogP contribution in [-0.2, 0) is 4.79 Å². The second-order valence-corrected chi connectivity index (χ2v) is 6.35. The average Bonchev–Trinajstić information content (AvgIpc) is 3.15. The van der Waals surface area contributed by atoms with E-state index in [-0.39, 0.29) is 12.5 Å². The molecule has 138 valence electrons. The number of hydrazone groups is 1. The van der Waals surface area contributed by atoms with Crippen molar-refractivity contribution in [2.45, 2.75) is 20.8 Å². The zero-order chi connectivity index (χ0) is 19.2. The maximum atomic E-state index is 11.9. The van der Waals surface area contributed by atoms with Gasteiger partial charge in [0.05, 0.1) is 17.6 Å². The van der Waals surface area contributed by atoms with Crippen molar-refractivity contribution in [3.63, 3.8) is 0 Å². The number of para-hydroxylation sites is 1. The molecule has 0 fully saturated rings. The number of aryl methyl sites for hydroxylation is 1. The molecular weight excluding hydrogens is 340 g/mol. The quantitative estimate of drug-likeness (QED) is 0.536. The van der Waals surface area contributed by atoms with Crippen LogP contribution in [0.1, 0.15) is 19.4 Å². The van der Waals surface area contributed by atoms with Crippen molar-refractivity contribution in [3.05, 3.63) is 66.4 Å². The van der Waals surface area contributed by atoms with Gasteiger partial charge in [0.15, 0.2) is 6.61 Å². The zero-order valence-electron chi connectivity index (χ0n) is 15.6. The standard InChI is InChI=1S/C21H22N4O2/c1-15(2)23-24-21(26)14-27-20-10-9-16(3)13-18(20)19-11-12-22-25(19)17-7-5-4-6-8-17/h4-13H,14H2,1-3H3,(H,24,26). The summed E-state index contributed by atoms with van der Waals surface area (Å²) in [6, 6.07) is 17.7. The number of nitrogens with one attached hydrogen (secondary N) is 1. The molecule has 0 aliphatic carbocycles. The number of nitrogens with zero attached hydrogens (tertiary/aromatic N) is 3. The molecule has 1 aromatic heterocycles. The maximum Gasteiger partial charge on any atom is 0.277 e. The van der Waals surface area contributed by atoms with Gasteiger partial charge in [0, 0.05) is 11.3 Å². The number of rotatable bonds is 6. The van der Waals surface area contributed by atoms with Crippen LogP contribution in [0, 0.1) is 6.92 Å². The smallest absolute Gasteiger partial charge is 0.277 e. The van der Waals surface area contributed by atoms with Crippen LogP contribution in [0.3, 0.4) is 0 Å². The van der Waals surface area contributed by atoms with E-state index < -0.39 is 0 Å². The van der Waals surface area contributed by atoms with Crippen molar-refractivity contribution in [2.75, 3.05) is 6.61 Å². The number of amides is 1. The summed E-state index contributed by atoms with van der Waals surface area (Å²) in [6.07, 6.45) is 1.75. The van der Waals surface area contributed by atoms with Crippen molar-refractivity contribution >= 4 is 11.6 Å². The summed E-state index contributed by atoms with van der Waals surface area (Å²) in [5, 5.41) is 8.34. The van der Waals surface area contributed by atoms with E-state index >= 15 is 0 Å². The third-order valence-electron chi connectivity index (χ3n) is 3.82. The minimum Gasteiger partial charge on any atom is -0.483 e. The lowest BCUT2D eigenvalue weighted by Crippen LogP contribution is -2.25. The van der Waals surface area contributed by atoms with Crippen LogP contribution >= 0.6 is 0 Å². The van der Waals surface area contributed by atoms with Crippen molar-refractivity contribution in [1.82, 2.24) is 15.2 Å². The molecule has 0 radical (unpaired) electrons. The SMILES string of the molecule is CC(C)=NNC(=O)COc1ccc(C)cc1-c1ccnn1-c1ccccc1. The van der Waals surface area contributed by atoms with Gasteiger partial charge in [-0.15, -0.1) is 0 Å². The predicted molar refractivity (Wildman–Crippen MR) is 106 cm³/mol. The number of benzene rings is 2. The van der Waals surface area contributed by atoms with Gasteiger partial charge in [-0.3, -0.25) is 4.79 Å². The number of hydrogen-bond acceptors (Lipinski definition) is 4. The van der Waals surface area contributed by atoms with E-state index in [2.05, 4.69) is 15.6 Å². The van der Waals surface area contributed by atoms with Gasteiger partial charge in [-0.05, 0) is 51.1 Å². The van der Waals surface area contributed by atoms with E-state index in [9.17, 15) is 4.79 Å². The Kier molecular flexibility index (Phi) is 5.66. The summed E-state index contributed by atoms with van der Waals surface area (Å²) in [7, 11) is 0. The number of carbonyl (C=O) groups excluding carboxylic acids is 1. The zero-order valence-corrected chi connectivity index (χ0v) is 15.6. The molecule has 3 aromatic rings. The Labute approximate surface area is 158 Å². The van der Waals surface area contributed by atoms with E-state index in [0.717, 1.165) is 28.2 Å². The molecule has 0 unspecified atom stereocenters. The first kappa shape index (κ1) is 18.4. The van der Waals surface area contributed by atoms with Gasteiger partial charge >= 0.3 is 0 Å². The van der Waals surface area contributed by atoms with Gasteiger partial charge in [0.1, 0.15) is 5.75 Å². The molecule has 0 bridgehead atoms. The Morgan fingerprint density at radius 1 is 1.15 bits per heavy atom. The molecule has 0 saturated heterocycles. The van der Waals surface area contributed by atoms with Crippen LogP contribution in [0.25, 0.3) is 16.9 Å². The highest BCUT2D eigenvalue weighted by Crippen LogP contribution is 2.32. The summed E-state index contributed by atoms with van der Waals surface area (Å²) in [5.74, 6) is 0.310. The molecule has 0 aliphatic heterocycles. The maximum absolute atomic E-state index is 11.9. The van der Waals surface area contributed by atoms with Gasteiger partial charge in [-0.2, -0.15) is 10.2 Å². The lowest BCUT2D eigenvalue weighted by Gasteiger charge is -2.14. The highest BCUT2D eigenvalue weighted by molar-refractivity contribution is 5.83. The second kappa shape index (κ2) is 8.31. The molecule has 0 aliphatic rings. The van der Waals surface area contributed by atoms with Crippen molar-refractivity contribution in [2.24, 2.45) is 5.10 Å². The Bertz CT molecular complexity index is 957. The second-order valence-electron chi connectivity index (χ2n) is 6.35. The van der Waals surface area contributed by atoms with Crippen molar-refractivity contribution in [3.8, 4) is 22.7 Å². The molecule has 27 heavy (non-hydrogen) atoms. The van der Waals surface area contributed by atoms with E-state index in [1.165, 1.54) is 0 Å². The minimum atomic E-state index is -0.306. The van der Waals surface area contributed by atoms with Crippen LogP contribution in [0.5, 0.6) is 5.75 Å². The summed E-state index contributed by atoms with van der Waals surface area (Å²) in [5.41, 5.74) is 7.04. The van der Waals surface area contributed by atoms with Crippen molar-refractivity contribution < 1.29 is 9.53 Å². The van der Waals surface area contributed by atoms with Crippen molar-refractivity contribution in [1.29, 1.82) is 0 Å². The molecule has 0 saturated carbocycles. The number of hydrogen-bond donors (Lipinski definition) is 1. The highest BCUT2D eigenvalue weighted by atomic mass is 16.5. The summed E-state index contributed by atoms with van der Waals surface area (Å²) in [6.45, 7) is 5.52. The molecular formula is C21H22N4O2.